The zero-order valence-electron chi connectivity index (χ0n) is 31.6. The van der Waals surface area contributed by atoms with Crippen molar-refractivity contribution in [2.75, 3.05) is 64.8 Å². The number of esters is 2. The second-order valence-electron chi connectivity index (χ2n) is 13.2. The third-order valence-corrected chi connectivity index (χ3v) is 8.27. The predicted molar refractivity (Wildman–Crippen MR) is 191 cm³/mol. The summed E-state index contributed by atoms with van der Waals surface area (Å²) in [6.07, 6.45) is -9.76. The van der Waals surface area contributed by atoms with Crippen molar-refractivity contribution >= 4 is 35.8 Å². The van der Waals surface area contributed by atoms with E-state index in [-0.39, 0.29) is 32.2 Å². The van der Waals surface area contributed by atoms with E-state index >= 15 is 0 Å². The van der Waals surface area contributed by atoms with Crippen LogP contribution in [0, 0.1) is 10.8 Å². The highest BCUT2D eigenvalue weighted by Crippen LogP contribution is 2.26. The molecule has 1 amide bonds. The van der Waals surface area contributed by atoms with Crippen LogP contribution in [0.1, 0.15) is 26.3 Å². The average molecular weight is 812 g/mol. The summed E-state index contributed by atoms with van der Waals surface area (Å²) in [5.74, 6) is -2.08. The minimum absolute atomic E-state index is 0.0422. The van der Waals surface area contributed by atoms with Gasteiger partial charge in [-0.25, -0.2) is 9.59 Å². The Balaban J connectivity index is 1.36. The molecule has 0 aromatic heterocycles. The summed E-state index contributed by atoms with van der Waals surface area (Å²) in [6.45, 7) is -0.186. The van der Waals surface area contributed by atoms with Crippen LogP contribution in [0.25, 0.3) is 0 Å². The number of carbonyl (C=O) groups excluding carboxylic acids is 5. The van der Waals surface area contributed by atoms with E-state index in [1.807, 2.05) is 0 Å². The van der Waals surface area contributed by atoms with Crippen LogP contribution in [-0.2, 0) is 58.9 Å². The van der Waals surface area contributed by atoms with Gasteiger partial charge in [0.15, 0.2) is 0 Å². The van der Waals surface area contributed by atoms with Gasteiger partial charge in [-0.05, 0) is 50.6 Å². The van der Waals surface area contributed by atoms with Crippen molar-refractivity contribution < 1.29 is 92.1 Å². The van der Waals surface area contributed by atoms with E-state index in [0.717, 1.165) is 0 Å². The Morgan fingerprint density at radius 2 is 1.32 bits per heavy atom. The molecule has 6 N–H and O–H groups in total. The number of ether oxygens (including phenoxy) is 9. The maximum absolute atomic E-state index is 12.7. The first-order valence-electron chi connectivity index (χ1n) is 17.7. The van der Waals surface area contributed by atoms with Gasteiger partial charge in [-0.2, -0.15) is 0 Å². The van der Waals surface area contributed by atoms with Crippen molar-refractivity contribution in [3.63, 3.8) is 0 Å². The van der Waals surface area contributed by atoms with E-state index in [1.54, 1.807) is 30.3 Å². The quantitative estimate of drug-likeness (QED) is 0.0567. The van der Waals surface area contributed by atoms with Gasteiger partial charge in [0.25, 0.3) is 0 Å². The monoisotopic (exact) mass is 811 g/mol. The van der Waals surface area contributed by atoms with Crippen molar-refractivity contribution in [2.45, 2.75) is 58.1 Å². The molecule has 0 bridgehead atoms. The Morgan fingerprint density at radius 1 is 0.719 bits per heavy atom. The molecule has 1 aliphatic heterocycles. The molecule has 57 heavy (non-hydrogen) atoms. The number of anilines is 1. The number of hydrogen-bond donors (Lipinski definition) is 6. The summed E-state index contributed by atoms with van der Waals surface area (Å²) in [6, 6.07) is 14.6. The smallest absolute Gasteiger partial charge is 0.465 e. The van der Waals surface area contributed by atoms with E-state index in [4.69, 9.17) is 42.6 Å². The standard InChI is InChI=1S/C37H49NO19/c1-4-50-33(46)37(3,22-55-35(48)53-20-36(2,19-40)32(45)52-17-23-8-6-5-7-9-23)21-54-34(47)51-15-14-49-18-27(41)38-24-10-12-25(13-11-24)56-31-30(44)29(43)28(42)26(16-39)57-31/h5-13,26,28-31,39-40,42-44H,4,14-22H2,1-3H3,(H,38,41)/t26-,28+,29+,30-,31-,36?,37?/m1/s1. The lowest BCUT2D eigenvalue weighted by Crippen LogP contribution is -2.60. The molecule has 0 radical (unpaired) electrons. The molecular formula is C37H49NO19. The maximum Gasteiger partial charge on any atom is 0.508 e. The van der Waals surface area contributed by atoms with Gasteiger partial charge in [0.2, 0.25) is 12.2 Å². The molecule has 2 aromatic carbocycles. The van der Waals surface area contributed by atoms with E-state index in [0.29, 0.717) is 11.3 Å². The molecular weight excluding hydrogens is 762 g/mol. The first-order valence-corrected chi connectivity index (χ1v) is 17.7. The van der Waals surface area contributed by atoms with Crippen LogP contribution in [-0.4, -0.2) is 146 Å². The molecule has 20 nitrogen and oxygen atoms in total. The maximum atomic E-state index is 12.7. The summed E-state index contributed by atoms with van der Waals surface area (Å²) in [4.78, 5) is 62.3. The molecule has 0 spiro atoms. The highest BCUT2D eigenvalue weighted by Gasteiger charge is 2.45. The minimum atomic E-state index is -1.71. The van der Waals surface area contributed by atoms with Crippen LogP contribution in [0.4, 0.5) is 15.3 Å². The van der Waals surface area contributed by atoms with E-state index in [2.05, 4.69) is 5.32 Å². The third-order valence-electron chi connectivity index (χ3n) is 8.27. The molecule has 1 aliphatic rings. The van der Waals surface area contributed by atoms with Crippen molar-refractivity contribution in [2.24, 2.45) is 10.8 Å². The Labute approximate surface area is 327 Å². The lowest BCUT2D eigenvalue weighted by Gasteiger charge is -2.39. The van der Waals surface area contributed by atoms with Gasteiger partial charge in [0.05, 0.1) is 26.4 Å². The topological polar surface area (TPSA) is 282 Å². The summed E-state index contributed by atoms with van der Waals surface area (Å²) in [5.41, 5.74) is -2.28. The average Bonchev–Trinajstić information content (AvgIpc) is 3.21. The summed E-state index contributed by atoms with van der Waals surface area (Å²) in [7, 11) is 0. The van der Waals surface area contributed by atoms with Gasteiger partial charge in [-0.3, -0.25) is 14.4 Å². The zero-order chi connectivity index (χ0) is 42.0. The lowest BCUT2D eigenvalue weighted by molar-refractivity contribution is -0.277. The van der Waals surface area contributed by atoms with Gasteiger partial charge >= 0.3 is 24.2 Å². The van der Waals surface area contributed by atoms with Crippen LogP contribution in [0.5, 0.6) is 5.75 Å². The molecule has 1 saturated heterocycles. The fraction of sp³-hybridized carbons (Fsp3) is 0.541. The summed E-state index contributed by atoms with van der Waals surface area (Å²) >= 11 is 0. The molecule has 7 atom stereocenters. The molecule has 316 valence electrons. The highest BCUT2D eigenvalue weighted by atomic mass is 16.7. The third kappa shape index (κ3) is 14.4. The van der Waals surface area contributed by atoms with E-state index < -0.39 is 111 Å². The Morgan fingerprint density at radius 3 is 1.91 bits per heavy atom. The zero-order valence-corrected chi connectivity index (χ0v) is 31.6. The fourth-order valence-corrected chi connectivity index (χ4v) is 4.73. The number of carbonyl (C=O) groups is 5. The van der Waals surface area contributed by atoms with Crippen LogP contribution in [0.3, 0.4) is 0 Å². The SMILES string of the molecule is CCOC(=O)C(C)(COC(=O)OCCOCC(=O)Nc1ccc(O[C@@H]2O[C@H](CO)[C@H](O)[C@H](O)[C@H]2O)cc1)COC(=O)OCC(C)(CO)C(=O)OCc1ccccc1. The van der Waals surface area contributed by atoms with Crippen molar-refractivity contribution in [1.82, 2.24) is 0 Å². The van der Waals surface area contributed by atoms with Gasteiger partial charge in [0, 0.05) is 5.69 Å². The normalized spacial score (nSPS) is 21.1. The Hall–Kier alpha value is -5.09. The molecule has 2 unspecified atom stereocenters. The number of rotatable bonds is 21. The van der Waals surface area contributed by atoms with Gasteiger partial charge in [0.1, 0.15) is 80.6 Å². The molecule has 20 heteroatoms. The van der Waals surface area contributed by atoms with Crippen LogP contribution in [0.2, 0.25) is 0 Å². The first kappa shape index (κ1) is 46.3. The van der Waals surface area contributed by atoms with Crippen LogP contribution >= 0.6 is 0 Å². The number of benzene rings is 2. The number of aliphatic hydroxyl groups excluding tert-OH is 5. The fourth-order valence-electron chi connectivity index (χ4n) is 4.73. The molecule has 3 rings (SSSR count). The first-order chi connectivity index (χ1) is 27.1. The molecule has 1 fully saturated rings. The Bertz CT molecular complexity index is 1590. The number of hydrogen-bond acceptors (Lipinski definition) is 19. The largest absolute Gasteiger partial charge is 0.508 e. The minimum Gasteiger partial charge on any atom is -0.465 e. The lowest BCUT2D eigenvalue weighted by atomic mass is 9.93. The van der Waals surface area contributed by atoms with Crippen molar-refractivity contribution in [3.05, 3.63) is 60.2 Å². The number of amides is 1. The summed E-state index contributed by atoms with van der Waals surface area (Å²) in [5, 5.41) is 51.6. The van der Waals surface area contributed by atoms with Crippen LogP contribution < -0.4 is 10.1 Å². The van der Waals surface area contributed by atoms with E-state index in [1.165, 1.54) is 45.0 Å². The highest BCUT2D eigenvalue weighted by molar-refractivity contribution is 5.91. The number of nitrogens with one attached hydrogen (secondary N) is 1. The summed E-state index contributed by atoms with van der Waals surface area (Å²) < 4.78 is 46.3. The molecule has 2 aromatic rings. The van der Waals surface area contributed by atoms with Crippen molar-refractivity contribution in [1.29, 1.82) is 0 Å². The molecule has 0 aliphatic carbocycles. The van der Waals surface area contributed by atoms with Crippen molar-refractivity contribution in [3.8, 4) is 5.75 Å². The second-order valence-corrected chi connectivity index (χ2v) is 13.2. The van der Waals surface area contributed by atoms with Gasteiger partial charge < -0.3 is 73.5 Å². The predicted octanol–water partition coefficient (Wildman–Crippen LogP) is 0.438. The molecule has 1 heterocycles. The van der Waals surface area contributed by atoms with Gasteiger partial charge in [-0.1, -0.05) is 30.3 Å². The van der Waals surface area contributed by atoms with Gasteiger partial charge in [-0.15, -0.1) is 0 Å². The molecule has 0 saturated carbocycles. The van der Waals surface area contributed by atoms with Crippen LogP contribution in [0.15, 0.2) is 54.6 Å². The second kappa shape index (κ2) is 22.6. The van der Waals surface area contributed by atoms with E-state index in [9.17, 15) is 49.5 Å². The number of aliphatic hydroxyl groups is 5. The Kier molecular flexibility index (Phi) is 18.4.